The number of aromatic amines is 1. The number of fused-ring (bicyclic) bond motifs is 1. The molecule has 1 heterocycles. The van der Waals surface area contributed by atoms with Crippen LogP contribution in [0.1, 0.15) is 51.3 Å². The molecule has 1 aliphatic rings. The van der Waals surface area contributed by atoms with Crippen LogP contribution in [0.4, 0.5) is 5.69 Å². The Morgan fingerprint density at radius 1 is 1.32 bits per heavy atom. The molecule has 0 spiro atoms. The lowest BCUT2D eigenvalue weighted by Gasteiger charge is -2.11. The number of hydrogen-bond acceptors (Lipinski definition) is 4. The molecule has 1 aromatic carbocycles. The predicted octanol–water partition coefficient (Wildman–Crippen LogP) is 3.20. The number of aryl methyl sites for hydroxylation is 1. The van der Waals surface area contributed by atoms with Crippen molar-refractivity contribution in [3.63, 3.8) is 0 Å². The number of H-pyrrole nitrogens is 1. The van der Waals surface area contributed by atoms with Crippen LogP contribution in [0, 0.1) is 0 Å². The van der Waals surface area contributed by atoms with Gasteiger partial charge in [-0.15, -0.1) is 0 Å². The van der Waals surface area contributed by atoms with E-state index in [0.29, 0.717) is 18.5 Å². The van der Waals surface area contributed by atoms with Gasteiger partial charge in [0, 0.05) is 12.1 Å². The number of amides is 1. The minimum atomic E-state index is -3.36. The maximum Gasteiger partial charge on any atom is 0.239 e. The molecule has 1 amide bonds. The van der Waals surface area contributed by atoms with Gasteiger partial charge in [0.2, 0.25) is 5.91 Å². The molecule has 3 rings (SSSR count). The highest BCUT2D eigenvalue weighted by Crippen LogP contribution is 2.25. The maximum absolute atomic E-state index is 12.3. The number of unbranched alkanes of at least 4 members (excludes halogenated alkanes) is 1. The third-order valence-corrected chi connectivity index (χ3v) is 6.88. The fraction of sp³-hybridized carbons (Fsp3) is 0.556. The zero-order chi connectivity index (χ0) is 17.9. The van der Waals surface area contributed by atoms with Gasteiger partial charge < -0.3 is 10.3 Å². The average Bonchev–Trinajstić information content (AvgIpc) is 3.21. The lowest BCUT2D eigenvalue weighted by atomic mass is 10.2. The second kappa shape index (κ2) is 7.56. The monoisotopic (exact) mass is 363 g/mol. The first kappa shape index (κ1) is 17.9. The summed E-state index contributed by atoms with van der Waals surface area (Å²) in [5, 5.41) is 2.35. The summed E-state index contributed by atoms with van der Waals surface area (Å²) in [5.41, 5.74) is 2.29. The molecule has 7 heteroatoms. The van der Waals surface area contributed by atoms with E-state index >= 15 is 0 Å². The molecule has 1 aromatic heterocycles. The van der Waals surface area contributed by atoms with E-state index in [0.717, 1.165) is 49.0 Å². The third-order valence-electron chi connectivity index (χ3n) is 4.72. The van der Waals surface area contributed by atoms with E-state index in [4.69, 9.17) is 0 Å². The summed E-state index contributed by atoms with van der Waals surface area (Å²) in [6.45, 7) is 2.13. The van der Waals surface area contributed by atoms with Crippen molar-refractivity contribution in [3.8, 4) is 0 Å². The molecule has 1 fully saturated rings. The van der Waals surface area contributed by atoms with Gasteiger partial charge in [-0.25, -0.2) is 13.4 Å². The normalized spacial score (nSPS) is 15.7. The zero-order valence-electron chi connectivity index (χ0n) is 14.5. The number of carbonyl (C=O) groups is 1. The summed E-state index contributed by atoms with van der Waals surface area (Å²) in [6, 6.07) is 5.40. The minimum absolute atomic E-state index is 0.352. The molecule has 1 saturated carbocycles. The van der Waals surface area contributed by atoms with Gasteiger partial charge in [0.05, 0.1) is 16.3 Å². The van der Waals surface area contributed by atoms with E-state index < -0.39 is 21.5 Å². The van der Waals surface area contributed by atoms with E-state index in [-0.39, 0.29) is 5.25 Å². The number of aromatic nitrogens is 2. The number of carbonyl (C=O) groups excluding carboxylic acids is 1. The van der Waals surface area contributed by atoms with Gasteiger partial charge >= 0.3 is 0 Å². The lowest BCUT2D eigenvalue weighted by Crippen LogP contribution is -2.29. The summed E-state index contributed by atoms with van der Waals surface area (Å²) in [7, 11) is -3.36. The smallest absolute Gasteiger partial charge is 0.239 e. The van der Waals surface area contributed by atoms with Gasteiger partial charge in [0.25, 0.3) is 0 Å². The highest BCUT2D eigenvalue weighted by molar-refractivity contribution is 7.92. The van der Waals surface area contributed by atoms with E-state index in [1.807, 2.05) is 6.07 Å². The van der Waals surface area contributed by atoms with Gasteiger partial charge in [-0.2, -0.15) is 0 Å². The van der Waals surface area contributed by atoms with Crippen molar-refractivity contribution in [2.75, 3.05) is 11.1 Å². The molecule has 25 heavy (non-hydrogen) atoms. The van der Waals surface area contributed by atoms with Crippen LogP contribution in [0.5, 0.6) is 0 Å². The second-order valence-electron chi connectivity index (χ2n) is 6.78. The SMILES string of the molecule is CCCCc1nc2ccc(NC(=O)CS(=O)(=O)C3CCCC3)cc2[nH]1. The van der Waals surface area contributed by atoms with Crippen molar-refractivity contribution in [1.29, 1.82) is 0 Å². The van der Waals surface area contributed by atoms with Crippen LogP contribution in [0.2, 0.25) is 0 Å². The van der Waals surface area contributed by atoms with Crippen LogP contribution >= 0.6 is 0 Å². The summed E-state index contributed by atoms with van der Waals surface area (Å²) in [5.74, 6) is 0.0153. The van der Waals surface area contributed by atoms with Crippen LogP contribution < -0.4 is 5.32 Å². The summed E-state index contributed by atoms with van der Waals surface area (Å²) in [4.78, 5) is 19.9. The lowest BCUT2D eigenvalue weighted by molar-refractivity contribution is -0.113. The van der Waals surface area contributed by atoms with Crippen LogP contribution in [-0.2, 0) is 21.1 Å². The highest BCUT2D eigenvalue weighted by atomic mass is 32.2. The number of hydrogen-bond donors (Lipinski definition) is 2. The Kier molecular flexibility index (Phi) is 5.42. The van der Waals surface area contributed by atoms with Crippen LogP contribution in [0.3, 0.4) is 0 Å². The second-order valence-corrected chi connectivity index (χ2v) is 9.06. The molecule has 1 aliphatic carbocycles. The molecule has 136 valence electrons. The van der Waals surface area contributed by atoms with E-state index in [2.05, 4.69) is 22.2 Å². The Labute approximate surface area is 148 Å². The zero-order valence-corrected chi connectivity index (χ0v) is 15.4. The largest absolute Gasteiger partial charge is 0.342 e. The van der Waals surface area contributed by atoms with Crippen molar-refractivity contribution in [2.24, 2.45) is 0 Å². The molecule has 6 nitrogen and oxygen atoms in total. The number of imidazole rings is 1. The maximum atomic E-state index is 12.3. The van der Waals surface area contributed by atoms with Crippen LogP contribution in [0.15, 0.2) is 18.2 Å². The van der Waals surface area contributed by atoms with Crippen molar-refractivity contribution in [1.82, 2.24) is 9.97 Å². The summed E-state index contributed by atoms with van der Waals surface area (Å²) < 4.78 is 24.5. The number of rotatable bonds is 7. The Morgan fingerprint density at radius 3 is 2.80 bits per heavy atom. The molecule has 2 N–H and O–H groups in total. The van der Waals surface area contributed by atoms with Crippen molar-refractivity contribution in [2.45, 2.75) is 57.1 Å². The Bertz CT molecular complexity index is 852. The van der Waals surface area contributed by atoms with Crippen molar-refractivity contribution < 1.29 is 13.2 Å². The molecular formula is C18H25N3O3S. The van der Waals surface area contributed by atoms with Crippen molar-refractivity contribution >= 4 is 32.5 Å². The molecule has 0 bridgehead atoms. The highest BCUT2D eigenvalue weighted by Gasteiger charge is 2.30. The molecule has 0 unspecified atom stereocenters. The van der Waals surface area contributed by atoms with E-state index in [9.17, 15) is 13.2 Å². The number of nitrogens with zero attached hydrogens (tertiary/aromatic N) is 1. The van der Waals surface area contributed by atoms with E-state index in [1.165, 1.54) is 0 Å². The number of benzene rings is 1. The minimum Gasteiger partial charge on any atom is -0.342 e. The first-order valence-electron chi connectivity index (χ1n) is 8.98. The standard InChI is InChI=1S/C18H25N3O3S/c1-2-3-8-17-20-15-10-9-13(11-16(15)21-17)19-18(22)12-25(23,24)14-6-4-5-7-14/h9-11,14H,2-8,12H2,1H3,(H,19,22)(H,20,21). The molecule has 2 aromatic rings. The Hall–Kier alpha value is -1.89. The summed E-state index contributed by atoms with van der Waals surface area (Å²) >= 11 is 0. The third kappa shape index (κ3) is 4.39. The topological polar surface area (TPSA) is 91.9 Å². The van der Waals surface area contributed by atoms with Crippen LogP contribution in [-0.4, -0.2) is 35.3 Å². The predicted molar refractivity (Wildman–Crippen MR) is 99.4 cm³/mol. The average molecular weight is 363 g/mol. The van der Waals surface area contributed by atoms with E-state index in [1.54, 1.807) is 12.1 Å². The van der Waals surface area contributed by atoms with Crippen molar-refractivity contribution in [3.05, 3.63) is 24.0 Å². The molecule has 0 saturated heterocycles. The number of anilines is 1. The fourth-order valence-electron chi connectivity index (χ4n) is 3.35. The summed E-state index contributed by atoms with van der Waals surface area (Å²) in [6.07, 6.45) is 6.29. The first-order valence-corrected chi connectivity index (χ1v) is 10.7. The molecular weight excluding hydrogens is 338 g/mol. The van der Waals surface area contributed by atoms with Gasteiger partial charge in [-0.1, -0.05) is 26.2 Å². The quantitative estimate of drug-likeness (QED) is 0.790. The molecule has 0 atom stereocenters. The number of nitrogens with one attached hydrogen (secondary N) is 2. The van der Waals surface area contributed by atoms with Gasteiger partial charge in [-0.05, 0) is 37.5 Å². The first-order chi connectivity index (χ1) is 12.0. The number of sulfone groups is 1. The molecule has 0 radical (unpaired) electrons. The molecule has 0 aliphatic heterocycles. The van der Waals surface area contributed by atoms with Gasteiger partial charge in [0.15, 0.2) is 9.84 Å². The Balaban J connectivity index is 1.66. The van der Waals surface area contributed by atoms with Gasteiger partial charge in [0.1, 0.15) is 11.6 Å². The Morgan fingerprint density at radius 2 is 2.08 bits per heavy atom. The van der Waals surface area contributed by atoms with Gasteiger partial charge in [-0.3, -0.25) is 4.79 Å². The fourth-order valence-corrected chi connectivity index (χ4v) is 5.07. The van der Waals surface area contributed by atoms with Crippen LogP contribution in [0.25, 0.3) is 11.0 Å².